The third-order valence-electron chi connectivity index (χ3n) is 3.13. The zero-order valence-electron chi connectivity index (χ0n) is 9.95. The van der Waals surface area contributed by atoms with Crippen LogP contribution in [0.3, 0.4) is 0 Å². The van der Waals surface area contributed by atoms with Crippen molar-refractivity contribution in [2.75, 3.05) is 6.61 Å². The third kappa shape index (κ3) is 2.43. The fourth-order valence-corrected chi connectivity index (χ4v) is 3.13. The van der Waals surface area contributed by atoms with Crippen LogP contribution in [0.25, 0.3) is 0 Å². The molecule has 19 heavy (non-hydrogen) atoms. The third-order valence-corrected chi connectivity index (χ3v) is 4.49. The van der Waals surface area contributed by atoms with Crippen molar-refractivity contribution in [1.82, 2.24) is 0 Å². The second-order valence-corrected chi connectivity index (χ2v) is 6.45. The number of fused-ring (bicyclic) bond motifs is 1. The Balaban J connectivity index is 2.10. The summed E-state index contributed by atoms with van der Waals surface area (Å²) in [5.41, 5.74) is 2.45. The van der Waals surface area contributed by atoms with Crippen LogP contribution in [0.15, 0.2) is 40.9 Å². The van der Waals surface area contributed by atoms with Crippen molar-refractivity contribution in [3.63, 3.8) is 0 Å². The van der Waals surface area contributed by atoms with Crippen LogP contribution < -0.4 is 4.74 Å². The summed E-state index contributed by atoms with van der Waals surface area (Å²) in [7, 11) is 0. The van der Waals surface area contributed by atoms with E-state index in [2.05, 4.69) is 38.5 Å². The van der Waals surface area contributed by atoms with Gasteiger partial charge in [-0.3, -0.25) is 4.79 Å². The van der Waals surface area contributed by atoms with E-state index in [1.807, 2.05) is 36.4 Å². The number of ketones is 1. The Hall–Kier alpha value is -0.880. The minimum Gasteiger partial charge on any atom is -0.492 e. The maximum Gasteiger partial charge on any atom is 0.197 e. The Morgan fingerprint density at radius 3 is 2.89 bits per heavy atom. The molecule has 0 N–H and O–H groups in total. The molecule has 0 aromatic heterocycles. The molecule has 1 aliphatic heterocycles. The van der Waals surface area contributed by atoms with Crippen LogP contribution in [0.1, 0.15) is 21.5 Å². The van der Waals surface area contributed by atoms with Crippen molar-refractivity contribution in [1.29, 1.82) is 0 Å². The van der Waals surface area contributed by atoms with Crippen LogP contribution in [-0.2, 0) is 6.42 Å². The number of carbonyl (C=O) groups excluding carboxylic acids is 1. The standard InChI is InChI=1S/C15H10BrIO2/c16-13-5-4-10(17)8-12(13)14(18)11-3-1-2-9-6-7-19-15(9)11/h1-5,8H,6-7H2. The van der Waals surface area contributed by atoms with E-state index < -0.39 is 0 Å². The highest BCUT2D eigenvalue weighted by Gasteiger charge is 2.22. The predicted molar refractivity (Wildman–Crippen MR) is 85.9 cm³/mol. The maximum absolute atomic E-state index is 12.7. The van der Waals surface area contributed by atoms with Crippen molar-refractivity contribution < 1.29 is 9.53 Å². The van der Waals surface area contributed by atoms with Crippen molar-refractivity contribution in [2.45, 2.75) is 6.42 Å². The molecule has 2 nitrogen and oxygen atoms in total. The van der Waals surface area contributed by atoms with Crippen molar-refractivity contribution in [3.8, 4) is 5.75 Å². The first-order valence-electron chi connectivity index (χ1n) is 5.91. The first-order chi connectivity index (χ1) is 9.16. The van der Waals surface area contributed by atoms with Gasteiger partial charge in [-0.15, -0.1) is 0 Å². The van der Waals surface area contributed by atoms with Gasteiger partial charge in [-0.05, 0) is 52.4 Å². The lowest BCUT2D eigenvalue weighted by Gasteiger charge is -2.08. The molecule has 0 saturated heterocycles. The van der Waals surface area contributed by atoms with Crippen molar-refractivity contribution >= 4 is 44.3 Å². The largest absolute Gasteiger partial charge is 0.492 e. The molecule has 0 fully saturated rings. The summed E-state index contributed by atoms with van der Waals surface area (Å²) in [6.45, 7) is 0.660. The van der Waals surface area contributed by atoms with Crippen molar-refractivity contribution in [3.05, 3.63) is 61.1 Å². The molecule has 3 rings (SSSR count). The zero-order valence-corrected chi connectivity index (χ0v) is 13.7. The van der Waals surface area contributed by atoms with Gasteiger partial charge in [0.15, 0.2) is 5.78 Å². The monoisotopic (exact) mass is 428 g/mol. The molecular weight excluding hydrogens is 419 g/mol. The van der Waals surface area contributed by atoms with Crippen LogP contribution in [0.5, 0.6) is 5.75 Å². The average Bonchev–Trinajstić information content (AvgIpc) is 2.89. The summed E-state index contributed by atoms with van der Waals surface area (Å²) in [4.78, 5) is 12.7. The number of rotatable bonds is 2. The fourth-order valence-electron chi connectivity index (χ4n) is 2.21. The number of para-hydroxylation sites is 1. The van der Waals surface area contributed by atoms with Gasteiger partial charge in [0.25, 0.3) is 0 Å². The Morgan fingerprint density at radius 1 is 1.21 bits per heavy atom. The smallest absolute Gasteiger partial charge is 0.197 e. The highest BCUT2D eigenvalue weighted by molar-refractivity contribution is 14.1. The molecule has 0 saturated carbocycles. The van der Waals surface area contributed by atoms with Gasteiger partial charge in [-0.25, -0.2) is 0 Å². The molecule has 2 aromatic carbocycles. The highest BCUT2D eigenvalue weighted by atomic mass is 127. The topological polar surface area (TPSA) is 26.3 Å². The van der Waals surface area contributed by atoms with Crippen molar-refractivity contribution in [2.24, 2.45) is 0 Å². The number of ether oxygens (including phenoxy) is 1. The Morgan fingerprint density at radius 2 is 2.05 bits per heavy atom. The molecule has 0 bridgehead atoms. The molecule has 0 amide bonds. The summed E-state index contributed by atoms with van der Waals surface area (Å²) >= 11 is 5.65. The number of benzene rings is 2. The van der Waals surface area contributed by atoms with Gasteiger partial charge in [0.2, 0.25) is 0 Å². The summed E-state index contributed by atoms with van der Waals surface area (Å²) < 4.78 is 7.46. The first kappa shape index (κ1) is 13.1. The normalized spacial score (nSPS) is 12.9. The zero-order chi connectivity index (χ0) is 13.4. The van der Waals surface area contributed by atoms with Gasteiger partial charge < -0.3 is 4.74 Å². The van der Waals surface area contributed by atoms with E-state index >= 15 is 0 Å². The number of hydrogen-bond acceptors (Lipinski definition) is 2. The fraction of sp³-hybridized carbons (Fsp3) is 0.133. The van der Waals surface area contributed by atoms with E-state index in [1.54, 1.807) is 0 Å². The molecule has 0 aliphatic carbocycles. The van der Waals surface area contributed by atoms with Gasteiger partial charge in [0, 0.05) is 20.0 Å². The summed E-state index contributed by atoms with van der Waals surface area (Å²) in [6, 6.07) is 11.5. The minimum atomic E-state index is 0.00383. The lowest BCUT2D eigenvalue weighted by Crippen LogP contribution is -2.05. The molecule has 0 spiro atoms. The van der Waals surface area contributed by atoms with E-state index in [4.69, 9.17) is 4.74 Å². The molecule has 4 heteroatoms. The molecular formula is C15H10BrIO2. The van der Waals surface area contributed by atoms with E-state index in [0.29, 0.717) is 17.7 Å². The Labute approximate surface area is 133 Å². The van der Waals surface area contributed by atoms with Crippen LogP contribution in [0.2, 0.25) is 0 Å². The van der Waals surface area contributed by atoms with Gasteiger partial charge in [0.05, 0.1) is 12.2 Å². The highest BCUT2D eigenvalue weighted by Crippen LogP contribution is 2.32. The molecule has 2 aromatic rings. The van der Waals surface area contributed by atoms with Gasteiger partial charge >= 0.3 is 0 Å². The Bertz CT molecular complexity index is 667. The molecule has 96 valence electrons. The summed E-state index contributed by atoms with van der Waals surface area (Å²) in [5, 5.41) is 0. The first-order valence-corrected chi connectivity index (χ1v) is 7.78. The van der Waals surface area contributed by atoms with E-state index in [-0.39, 0.29) is 5.78 Å². The van der Waals surface area contributed by atoms with Crippen LogP contribution >= 0.6 is 38.5 Å². The Kier molecular flexibility index (Phi) is 3.62. The minimum absolute atomic E-state index is 0.00383. The lowest BCUT2D eigenvalue weighted by atomic mass is 10.00. The quantitative estimate of drug-likeness (QED) is 0.528. The van der Waals surface area contributed by atoms with Gasteiger partial charge in [-0.2, -0.15) is 0 Å². The van der Waals surface area contributed by atoms with Crippen LogP contribution in [0, 0.1) is 3.57 Å². The number of hydrogen-bond donors (Lipinski definition) is 0. The van der Waals surface area contributed by atoms with E-state index in [9.17, 15) is 4.79 Å². The van der Waals surface area contributed by atoms with E-state index in [1.165, 1.54) is 0 Å². The number of carbonyl (C=O) groups is 1. The molecule has 1 heterocycles. The second-order valence-electron chi connectivity index (χ2n) is 4.35. The SMILES string of the molecule is O=C(c1cc(I)ccc1Br)c1cccc2c1OCC2. The summed E-state index contributed by atoms with van der Waals surface area (Å²) in [5.74, 6) is 0.752. The van der Waals surface area contributed by atoms with Gasteiger partial charge in [-0.1, -0.05) is 28.1 Å². The van der Waals surface area contributed by atoms with Crippen LogP contribution in [0.4, 0.5) is 0 Å². The van der Waals surface area contributed by atoms with Gasteiger partial charge in [0.1, 0.15) is 5.75 Å². The summed E-state index contributed by atoms with van der Waals surface area (Å²) in [6.07, 6.45) is 0.879. The molecule has 1 aliphatic rings. The van der Waals surface area contributed by atoms with E-state index in [0.717, 1.165) is 25.8 Å². The maximum atomic E-state index is 12.7. The lowest BCUT2D eigenvalue weighted by molar-refractivity contribution is 0.103. The molecule has 0 radical (unpaired) electrons. The molecule has 0 unspecified atom stereocenters. The van der Waals surface area contributed by atoms with Crippen LogP contribution in [-0.4, -0.2) is 12.4 Å². The average molecular weight is 429 g/mol. The molecule has 0 atom stereocenters. The predicted octanol–water partition coefficient (Wildman–Crippen LogP) is 4.22. The second kappa shape index (κ2) is 5.25. The number of halogens is 2.